The fourth-order valence-corrected chi connectivity index (χ4v) is 1.50. The number of nitrogens with one attached hydrogen (secondary N) is 1. The van der Waals surface area contributed by atoms with Crippen molar-refractivity contribution in [1.82, 2.24) is 0 Å². The Morgan fingerprint density at radius 2 is 1.83 bits per heavy atom. The van der Waals surface area contributed by atoms with E-state index in [1.807, 2.05) is 0 Å². The Kier molecular flexibility index (Phi) is 4.20. The zero-order valence-electron chi connectivity index (χ0n) is 9.02. The molecule has 0 unspecified atom stereocenters. The van der Waals surface area contributed by atoms with Crippen LogP contribution in [0.5, 0.6) is 0 Å². The molecule has 18 heavy (non-hydrogen) atoms. The predicted octanol–water partition coefficient (Wildman–Crippen LogP) is 3.54. The van der Waals surface area contributed by atoms with Crippen molar-refractivity contribution in [2.24, 2.45) is 0 Å². The standard InChI is InChI=1S/C10H8F5NOS/c1-18-7-4-2-3-6(5-7)16-8(17)9(11,12)10(13,14)15/h2-5H,1H3,(H,16,17). The second-order valence-corrected chi connectivity index (χ2v) is 4.14. The van der Waals surface area contributed by atoms with E-state index in [1.165, 1.54) is 30.0 Å². The van der Waals surface area contributed by atoms with Crippen molar-refractivity contribution in [3.05, 3.63) is 24.3 Å². The first-order valence-corrected chi connectivity index (χ1v) is 5.81. The van der Waals surface area contributed by atoms with Crippen LogP contribution in [0.25, 0.3) is 0 Å². The Balaban J connectivity index is 2.88. The molecular weight excluding hydrogens is 277 g/mol. The maximum absolute atomic E-state index is 12.6. The zero-order valence-corrected chi connectivity index (χ0v) is 9.83. The Labute approximate surface area is 104 Å². The van der Waals surface area contributed by atoms with Gasteiger partial charge in [0, 0.05) is 10.6 Å². The van der Waals surface area contributed by atoms with E-state index in [-0.39, 0.29) is 5.69 Å². The minimum absolute atomic E-state index is 0.115. The van der Waals surface area contributed by atoms with Crippen LogP contribution in [-0.4, -0.2) is 24.3 Å². The summed E-state index contributed by atoms with van der Waals surface area (Å²) in [5.41, 5.74) is -0.115. The lowest BCUT2D eigenvalue weighted by atomic mass is 10.2. The average Bonchev–Trinajstić information content (AvgIpc) is 2.27. The van der Waals surface area contributed by atoms with Gasteiger partial charge in [-0.15, -0.1) is 11.8 Å². The number of carbonyl (C=O) groups excluding carboxylic acids is 1. The van der Waals surface area contributed by atoms with Crippen LogP contribution >= 0.6 is 11.8 Å². The van der Waals surface area contributed by atoms with Gasteiger partial charge >= 0.3 is 18.0 Å². The van der Waals surface area contributed by atoms with Gasteiger partial charge in [0.05, 0.1) is 0 Å². The van der Waals surface area contributed by atoms with Crippen molar-refractivity contribution in [2.45, 2.75) is 17.0 Å². The number of hydrogen-bond donors (Lipinski definition) is 1. The molecule has 0 spiro atoms. The van der Waals surface area contributed by atoms with Gasteiger partial charge in [-0.2, -0.15) is 22.0 Å². The summed E-state index contributed by atoms with van der Waals surface area (Å²) >= 11 is 1.26. The molecule has 0 heterocycles. The maximum atomic E-state index is 12.6. The average molecular weight is 285 g/mol. The van der Waals surface area contributed by atoms with E-state index in [2.05, 4.69) is 0 Å². The third-order valence-corrected chi connectivity index (χ3v) is 2.69. The van der Waals surface area contributed by atoms with E-state index in [9.17, 15) is 26.7 Å². The van der Waals surface area contributed by atoms with Gasteiger partial charge in [0.1, 0.15) is 0 Å². The third-order valence-electron chi connectivity index (χ3n) is 1.97. The number of alkyl halides is 5. The highest BCUT2D eigenvalue weighted by Crippen LogP contribution is 2.36. The fourth-order valence-electron chi connectivity index (χ4n) is 1.04. The number of thioether (sulfide) groups is 1. The number of halogens is 5. The van der Waals surface area contributed by atoms with E-state index in [1.54, 1.807) is 17.6 Å². The normalized spacial score (nSPS) is 12.3. The summed E-state index contributed by atoms with van der Waals surface area (Å²) in [5, 5.41) is 1.54. The van der Waals surface area contributed by atoms with Gasteiger partial charge < -0.3 is 5.32 Å². The Morgan fingerprint density at radius 1 is 1.22 bits per heavy atom. The summed E-state index contributed by atoms with van der Waals surface area (Å²) in [6.07, 6.45) is -4.21. The molecule has 0 bridgehead atoms. The molecule has 0 atom stereocenters. The molecule has 0 saturated carbocycles. The van der Waals surface area contributed by atoms with E-state index in [0.717, 1.165) is 0 Å². The largest absolute Gasteiger partial charge is 0.463 e. The first-order chi connectivity index (χ1) is 8.18. The molecule has 0 aliphatic rings. The highest BCUT2D eigenvalue weighted by Gasteiger charge is 2.63. The SMILES string of the molecule is CSc1cccc(NC(=O)C(F)(F)C(F)(F)F)c1. The first-order valence-electron chi connectivity index (χ1n) is 4.58. The van der Waals surface area contributed by atoms with Crippen molar-refractivity contribution in [3.8, 4) is 0 Å². The van der Waals surface area contributed by atoms with E-state index in [0.29, 0.717) is 4.90 Å². The highest BCUT2D eigenvalue weighted by molar-refractivity contribution is 7.98. The van der Waals surface area contributed by atoms with Crippen LogP contribution in [0.1, 0.15) is 0 Å². The summed E-state index contributed by atoms with van der Waals surface area (Å²) in [6, 6.07) is 5.59. The van der Waals surface area contributed by atoms with Gasteiger partial charge in [-0.05, 0) is 24.5 Å². The molecular formula is C10H8F5NOS. The van der Waals surface area contributed by atoms with Gasteiger partial charge in [0.15, 0.2) is 0 Å². The molecule has 0 saturated heterocycles. The zero-order chi connectivity index (χ0) is 14.0. The van der Waals surface area contributed by atoms with Gasteiger partial charge in [-0.1, -0.05) is 6.07 Å². The maximum Gasteiger partial charge on any atom is 0.463 e. The molecule has 8 heteroatoms. The van der Waals surface area contributed by atoms with Crippen LogP contribution in [0, 0.1) is 0 Å². The summed E-state index contributed by atoms with van der Waals surface area (Å²) in [6.45, 7) is 0. The Hall–Kier alpha value is -1.31. The third kappa shape index (κ3) is 3.12. The van der Waals surface area contributed by atoms with E-state index >= 15 is 0 Å². The molecule has 1 aromatic rings. The van der Waals surface area contributed by atoms with Crippen molar-refractivity contribution in [3.63, 3.8) is 0 Å². The molecule has 2 nitrogen and oxygen atoms in total. The van der Waals surface area contributed by atoms with E-state index in [4.69, 9.17) is 0 Å². The number of rotatable bonds is 3. The number of carbonyl (C=O) groups is 1. The smallest absolute Gasteiger partial charge is 0.320 e. The van der Waals surface area contributed by atoms with Crippen LogP contribution in [-0.2, 0) is 4.79 Å². The second kappa shape index (κ2) is 5.13. The monoisotopic (exact) mass is 285 g/mol. The van der Waals surface area contributed by atoms with Crippen LogP contribution in [0.15, 0.2) is 29.2 Å². The van der Waals surface area contributed by atoms with Crippen molar-refractivity contribution in [2.75, 3.05) is 11.6 Å². The van der Waals surface area contributed by atoms with E-state index < -0.39 is 18.0 Å². The van der Waals surface area contributed by atoms with Gasteiger partial charge in [0.25, 0.3) is 0 Å². The van der Waals surface area contributed by atoms with Crippen molar-refractivity contribution >= 4 is 23.4 Å². The summed E-state index contributed by atoms with van der Waals surface area (Å²) in [4.78, 5) is 11.5. The summed E-state index contributed by atoms with van der Waals surface area (Å²) < 4.78 is 61.1. The lowest BCUT2D eigenvalue weighted by Gasteiger charge is -2.18. The predicted molar refractivity (Wildman–Crippen MR) is 57.9 cm³/mol. The van der Waals surface area contributed by atoms with Crippen LogP contribution in [0.2, 0.25) is 0 Å². The van der Waals surface area contributed by atoms with Gasteiger partial charge in [-0.3, -0.25) is 4.79 Å². The second-order valence-electron chi connectivity index (χ2n) is 3.26. The number of amides is 1. The van der Waals surface area contributed by atoms with Crippen LogP contribution < -0.4 is 5.32 Å². The Bertz CT molecular complexity index is 446. The summed E-state index contributed by atoms with van der Waals surface area (Å²) in [5.74, 6) is -7.81. The lowest BCUT2D eigenvalue weighted by Crippen LogP contribution is -2.47. The molecule has 0 aromatic heterocycles. The van der Waals surface area contributed by atoms with Crippen molar-refractivity contribution in [1.29, 1.82) is 0 Å². The fraction of sp³-hybridized carbons (Fsp3) is 0.300. The highest BCUT2D eigenvalue weighted by atomic mass is 32.2. The topological polar surface area (TPSA) is 29.1 Å². The van der Waals surface area contributed by atoms with Gasteiger partial charge in [-0.25, -0.2) is 0 Å². The molecule has 100 valence electrons. The molecule has 0 fully saturated rings. The molecule has 0 radical (unpaired) electrons. The molecule has 1 N–H and O–H groups in total. The quantitative estimate of drug-likeness (QED) is 0.680. The van der Waals surface area contributed by atoms with Crippen LogP contribution in [0.3, 0.4) is 0 Å². The minimum atomic E-state index is -5.91. The minimum Gasteiger partial charge on any atom is -0.320 e. The van der Waals surface area contributed by atoms with Gasteiger partial charge in [0.2, 0.25) is 0 Å². The molecule has 1 amide bonds. The lowest BCUT2D eigenvalue weighted by molar-refractivity contribution is -0.267. The summed E-state index contributed by atoms with van der Waals surface area (Å²) in [7, 11) is 0. The number of anilines is 1. The molecule has 1 aromatic carbocycles. The number of hydrogen-bond acceptors (Lipinski definition) is 2. The first kappa shape index (κ1) is 14.7. The molecule has 0 aliphatic heterocycles. The molecule has 0 aliphatic carbocycles. The van der Waals surface area contributed by atoms with Crippen LogP contribution in [0.4, 0.5) is 27.6 Å². The molecule has 1 rings (SSSR count). The number of benzene rings is 1. The Morgan fingerprint density at radius 3 is 2.33 bits per heavy atom. The van der Waals surface area contributed by atoms with Crippen molar-refractivity contribution < 1.29 is 26.7 Å².